The molecule has 4 heteroatoms. The topological polar surface area (TPSA) is 40.6 Å². The molecule has 0 saturated carbocycles. The van der Waals surface area contributed by atoms with Crippen LogP contribution in [0.5, 0.6) is 0 Å². The lowest BCUT2D eigenvalue weighted by molar-refractivity contribution is -0.137. The fourth-order valence-corrected chi connectivity index (χ4v) is 4.55. The van der Waals surface area contributed by atoms with Gasteiger partial charge < -0.3 is 9.80 Å². The summed E-state index contributed by atoms with van der Waals surface area (Å²) in [6, 6.07) is 16.8. The highest BCUT2D eigenvalue weighted by Gasteiger charge is 2.42. The van der Waals surface area contributed by atoms with Gasteiger partial charge in [0.05, 0.1) is 5.92 Å². The van der Waals surface area contributed by atoms with E-state index in [2.05, 4.69) is 49.4 Å². The third kappa shape index (κ3) is 3.56. The van der Waals surface area contributed by atoms with Gasteiger partial charge in [-0.05, 0) is 30.0 Å². The van der Waals surface area contributed by atoms with Gasteiger partial charge >= 0.3 is 0 Å². The maximum absolute atomic E-state index is 13.5. The molecule has 0 aliphatic carbocycles. The molecule has 146 valence electrons. The summed E-state index contributed by atoms with van der Waals surface area (Å²) < 4.78 is 0. The molecular weight excluding hydrogens is 348 g/mol. The number of aryl methyl sites for hydroxylation is 1. The maximum Gasteiger partial charge on any atom is 0.228 e. The van der Waals surface area contributed by atoms with Gasteiger partial charge in [-0.3, -0.25) is 9.59 Å². The Kier molecular flexibility index (Phi) is 5.21. The molecule has 2 aliphatic rings. The van der Waals surface area contributed by atoms with Crippen molar-refractivity contribution in [3.63, 3.8) is 0 Å². The number of likely N-dealkylation sites (tertiary alicyclic amines) is 1. The molecule has 2 atom stereocenters. The first-order valence-electron chi connectivity index (χ1n) is 10.3. The molecule has 0 radical (unpaired) electrons. The Hall–Kier alpha value is -2.62. The van der Waals surface area contributed by atoms with Crippen LogP contribution >= 0.6 is 0 Å². The molecule has 2 aromatic rings. The molecule has 0 spiro atoms. The van der Waals surface area contributed by atoms with Gasteiger partial charge in [-0.15, -0.1) is 0 Å². The highest BCUT2D eigenvalue weighted by atomic mass is 16.2. The van der Waals surface area contributed by atoms with Gasteiger partial charge in [0, 0.05) is 38.5 Å². The third-order valence-electron chi connectivity index (χ3n) is 6.24. The summed E-state index contributed by atoms with van der Waals surface area (Å²) in [6.07, 6.45) is 1.39. The number of hydrogen-bond acceptors (Lipinski definition) is 2. The second kappa shape index (κ2) is 7.78. The molecule has 2 aromatic carbocycles. The van der Waals surface area contributed by atoms with Gasteiger partial charge in [0.15, 0.2) is 0 Å². The van der Waals surface area contributed by atoms with Crippen LogP contribution in [0.25, 0.3) is 0 Å². The Morgan fingerprint density at radius 1 is 0.964 bits per heavy atom. The van der Waals surface area contributed by atoms with Crippen LogP contribution in [0.4, 0.5) is 0 Å². The van der Waals surface area contributed by atoms with Crippen LogP contribution in [-0.4, -0.2) is 41.2 Å². The average molecular weight is 377 g/mol. The first kappa shape index (κ1) is 18.7. The minimum Gasteiger partial charge on any atom is -0.341 e. The molecule has 2 unspecified atom stereocenters. The van der Waals surface area contributed by atoms with Crippen LogP contribution in [-0.2, 0) is 22.6 Å². The summed E-state index contributed by atoms with van der Waals surface area (Å²) in [5, 5.41) is 0. The molecule has 0 aromatic heterocycles. The summed E-state index contributed by atoms with van der Waals surface area (Å²) in [5.41, 5.74) is 4.95. The predicted molar refractivity (Wildman–Crippen MR) is 110 cm³/mol. The Bertz CT molecular complexity index is 874. The third-order valence-corrected chi connectivity index (χ3v) is 6.24. The molecule has 2 amide bonds. The van der Waals surface area contributed by atoms with Crippen molar-refractivity contribution in [1.82, 2.24) is 9.80 Å². The van der Waals surface area contributed by atoms with E-state index in [0.717, 1.165) is 18.5 Å². The van der Waals surface area contributed by atoms with Crippen molar-refractivity contribution in [2.45, 2.75) is 39.2 Å². The fraction of sp³-hybridized carbons (Fsp3) is 0.417. The summed E-state index contributed by atoms with van der Waals surface area (Å²) >= 11 is 0. The van der Waals surface area contributed by atoms with Crippen molar-refractivity contribution in [3.05, 3.63) is 70.8 Å². The second-order valence-corrected chi connectivity index (χ2v) is 8.05. The molecule has 1 saturated heterocycles. The standard InChI is InChI=1S/C24H28N2O2/c1-3-23(27)26-15-21(19-10-8-17(2)9-11-19)22(16-26)24(28)25-13-12-18-6-4-5-7-20(18)14-25/h4-11,21-22H,3,12-16H2,1-2H3. The van der Waals surface area contributed by atoms with Crippen molar-refractivity contribution < 1.29 is 9.59 Å². The minimum atomic E-state index is -0.163. The van der Waals surface area contributed by atoms with Crippen molar-refractivity contribution in [1.29, 1.82) is 0 Å². The maximum atomic E-state index is 13.5. The number of fused-ring (bicyclic) bond motifs is 1. The molecular formula is C24H28N2O2. The van der Waals surface area contributed by atoms with Crippen LogP contribution in [0.1, 0.15) is 41.5 Å². The highest BCUT2D eigenvalue weighted by molar-refractivity contribution is 5.83. The smallest absolute Gasteiger partial charge is 0.228 e. The Morgan fingerprint density at radius 2 is 1.68 bits per heavy atom. The molecule has 2 heterocycles. The van der Waals surface area contributed by atoms with Gasteiger partial charge in [0.2, 0.25) is 11.8 Å². The second-order valence-electron chi connectivity index (χ2n) is 8.05. The first-order chi connectivity index (χ1) is 13.6. The summed E-state index contributed by atoms with van der Waals surface area (Å²) in [7, 11) is 0. The lowest BCUT2D eigenvalue weighted by atomic mass is 9.87. The Balaban J connectivity index is 1.58. The molecule has 4 rings (SSSR count). The fourth-order valence-electron chi connectivity index (χ4n) is 4.55. The van der Waals surface area contributed by atoms with Crippen LogP contribution in [0, 0.1) is 12.8 Å². The van der Waals surface area contributed by atoms with E-state index in [9.17, 15) is 9.59 Å². The van der Waals surface area contributed by atoms with Crippen molar-refractivity contribution in [3.8, 4) is 0 Å². The molecule has 2 aliphatic heterocycles. The first-order valence-corrected chi connectivity index (χ1v) is 10.3. The molecule has 0 N–H and O–H groups in total. The number of carbonyl (C=O) groups excluding carboxylic acids is 2. The van der Waals surface area contributed by atoms with Crippen molar-refractivity contribution in [2.75, 3.05) is 19.6 Å². The SMILES string of the molecule is CCC(=O)N1CC(C(=O)N2CCc3ccccc3C2)C(c2ccc(C)cc2)C1. The summed E-state index contributed by atoms with van der Waals surface area (Å²) in [6.45, 7) is 6.56. The van der Waals surface area contributed by atoms with E-state index in [1.165, 1.54) is 16.7 Å². The quantitative estimate of drug-likeness (QED) is 0.822. The Labute approximate surface area is 167 Å². The van der Waals surface area contributed by atoms with Gasteiger partial charge in [-0.25, -0.2) is 0 Å². The number of nitrogens with zero attached hydrogens (tertiary/aromatic N) is 2. The van der Waals surface area contributed by atoms with Gasteiger partial charge in [0.1, 0.15) is 0 Å². The highest BCUT2D eigenvalue weighted by Crippen LogP contribution is 2.35. The number of carbonyl (C=O) groups is 2. The number of rotatable bonds is 3. The normalized spacial score (nSPS) is 21.5. The van der Waals surface area contributed by atoms with E-state index in [1.807, 2.05) is 22.8 Å². The minimum absolute atomic E-state index is 0.0702. The van der Waals surface area contributed by atoms with E-state index >= 15 is 0 Å². The van der Waals surface area contributed by atoms with Gasteiger partial charge in [-0.2, -0.15) is 0 Å². The lowest BCUT2D eigenvalue weighted by Gasteiger charge is -2.32. The Morgan fingerprint density at radius 3 is 2.39 bits per heavy atom. The number of amides is 2. The van der Waals surface area contributed by atoms with Gasteiger partial charge in [-0.1, -0.05) is 61.0 Å². The summed E-state index contributed by atoms with van der Waals surface area (Å²) in [5.74, 6) is 0.229. The number of benzene rings is 2. The van der Waals surface area contributed by atoms with E-state index in [0.29, 0.717) is 26.1 Å². The largest absolute Gasteiger partial charge is 0.341 e. The number of hydrogen-bond donors (Lipinski definition) is 0. The lowest BCUT2D eigenvalue weighted by Crippen LogP contribution is -2.42. The van der Waals surface area contributed by atoms with Crippen LogP contribution in [0.15, 0.2) is 48.5 Å². The molecule has 28 heavy (non-hydrogen) atoms. The predicted octanol–water partition coefficient (Wildman–Crippen LogP) is 3.53. The van der Waals surface area contributed by atoms with E-state index in [1.54, 1.807) is 0 Å². The summed E-state index contributed by atoms with van der Waals surface area (Å²) in [4.78, 5) is 29.7. The zero-order chi connectivity index (χ0) is 19.7. The molecule has 0 bridgehead atoms. The van der Waals surface area contributed by atoms with E-state index in [4.69, 9.17) is 0 Å². The zero-order valence-electron chi connectivity index (χ0n) is 16.7. The average Bonchev–Trinajstić information content (AvgIpc) is 3.18. The van der Waals surface area contributed by atoms with Crippen molar-refractivity contribution >= 4 is 11.8 Å². The monoisotopic (exact) mass is 376 g/mol. The van der Waals surface area contributed by atoms with Gasteiger partial charge in [0.25, 0.3) is 0 Å². The molecule has 4 nitrogen and oxygen atoms in total. The molecule has 1 fully saturated rings. The van der Waals surface area contributed by atoms with Crippen LogP contribution < -0.4 is 0 Å². The van der Waals surface area contributed by atoms with Crippen LogP contribution in [0.2, 0.25) is 0 Å². The van der Waals surface area contributed by atoms with E-state index < -0.39 is 0 Å². The zero-order valence-corrected chi connectivity index (χ0v) is 16.7. The van der Waals surface area contributed by atoms with Crippen molar-refractivity contribution in [2.24, 2.45) is 5.92 Å². The van der Waals surface area contributed by atoms with E-state index in [-0.39, 0.29) is 23.7 Å². The van der Waals surface area contributed by atoms with Crippen LogP contribution in [0.3, 0.4) is 0 Å².